The van der Waals surface area contributed by atoms with Gasteiger partial charge in [0.15, 0.2) is 0 Å². The van der Waals surface area contributed by atoms with Gasteiger partial charge in [-0.1, -0.05) is 35.3 Å². The van der Waals surface area contributed by atoms with Crippen LogP contribution < -0.4 is 4.90 Å². The Hall–Kier alpha value is -2.85. The Morgan fingerprint density at radius 1 is 0.976 bits per heavy atom. The number of benzene rings is 3. The fourth-order valence-electron chi connectivity index (χ4n) is 5.58. The molecule has 2 aliphatic heterocycles. The lowest BCUT2D eigenvalue weighted by molar-refractivity contribution is -0.140. The lowest BCUT2D eigenvalue weighted by Crippen LogP contribution is -2.38. The predicted octanol–water partition coefficient (Wildman–Crippen LogP) is 6.73. The Kier molecular flexibility index (Phi) is 8.80. The molecule has 0 N–H and O–H groups in total. The Morgan fingerprint density at radius 3 is 2.32 bits per heavy atom. The Morgan fingerprint density at radius 2 is 1.68 bits per heavy atom. The second kappa shape index (κ2) is 12.2. The molecule has 0 saturated carbocycles. The first-order valence-electron chi connectivity index (χ1n) is 13.2. The third-order valence-electron chi connectivity index (χ3n) is 7.78. The molecule has 2 fully saturated rings. The average molecular weight is 610 g/mol. The summed E-state index contributed by atoms with van der Waals surface area (Å²) < 4.78 is 58.8. The quantitative estimate of drug-likeness (QED) is 0.290. The number of likely N-dealkylation sites (tertiary alicyclic amines) is 1. The molecule has 1 amide bonds. The van der Waals surface area contributed by atoms with Gasteiger partial charge in [0.1, 0.15) is 5.82 Å². The summed E-state index contributed by atoms with van der Waals surface area (Å²) in [7, 11) is 1.82. The van der Waals surface area contributed by atoms with Crippen molar-refractivity contribution in [1.82, 2.24) is 9.80 Å². The molecule has 11 heteroatoms. The van der Waals surface area contributed by atoms with E-state index in [-0.39, 0.29) is 24.4 Å². The molecule has 2 unspecified atom stereocenters. The number of ether oxygens (including phenoxy) is 1. The highest BCUT2D eigenvalue weighted by molar-refractivity contribution is 6.42. The van der Waals surface area contributed by atoms with Crippen molar-refractivity contribution in [3.63, 3.8) is 0 Å². The van der Waals surface area contributed by atoms with E-state index in [0.29, 0.717) is 47.5 Å². The van der Waals surface area contributed by atoms with E-state index >= 15 is 0 Å². The molecule has 0 spiro atoms. The summed E-state index contributed by atoms with van der Waals surface area (Å²) in [6, 6.07) is 15.6. The van der Waals surface area contributed by atoms with Gasteiger partial charge in [0, 0.05) is 55.9 Å². The topological polar surface area (TPSA) is 36.0 Å². The molecular formula is C30H29Cl2F4N3O2. The van der Waals surface area contributed by atoms with E-state index in [1.165, 1.54) is 6.07 Å². The average Bonchev–Trinajstić information content (AvgIpc) is 3.40. The van der Waals surface area contributed by atoms with Crippen LogP contribution in [0.5, 0.6) is 0 Å². The highest BCUT2D eigenvalue weighted by atomic mass is 35.5. The van der Waals surface area contributed by atoms with Crippen LogP contribution >= 0.6 is 23.2 Å². The third-order valence-corrected chi connectivity index (χ3v) is 8.51. The highest BCUT2D eigenvalue weighted by Crippen LogP contribution is 2.36. The lowest BCUT2D eigenvalue weighted by Gasteiger charge is -2.29. The summed E-state index contributed by atoms with van der Waals surface area (Å²) in [5.74, 6) is -1.60. The number of carbonyl (C=O) groups is 1. The van der Waals surface area contributed by atoms with E-state index in [0.717, 1.165) is 36.5 Å². The zero-order chi connectivity index (χ0) is 29.3. The maximum Gasteiger partial charge on any atom is 0.419 e. The van der Waals surface area contributed by atoms with Gasteiger partial charge in [-0.05, 0) is 66.7 Å². The summed E-state index contributed by atoms with van der Waals surface area (Å²) >= 11 is 12.5. The lowest BCUT2D eigenvalue weighted by atomic mass is 9.93. The standard InChI is InChI=1S/C30H29Cl2F4N3O2/c1-37(16-19-2-8-24(27(33)14-19)30(34,35)36)28-18-39(17-23(28)21-5-9-25(31)26(32)15-21)29(40)20-3-6-22(7-4-20)38-10-12-41-13-11-38/h2-9,14-15,23,28H,10-13,16-18H2,1H3. The van der Waals surface area contributed by atoms with Crippen molar-refractivity contribution in [3.8, 4) is 0 Å². The molecular weight excluding hydrogens is 581 g/mol. The third kappa shape index (κ3) is 6.64. The number of hydrogen-bond acceptors (Lipinski definition) is 4. The van der Waals surface area contributed by atoms with Gasteiger partial charge in [0.25, 0.3) is 5.91 Å². The van der Waals surface area contributed by atoms with Crippen LogP contribution in [0.15, 0.2) is 60.7 Å². The van der Waals surface area contributed by atoms with Crippen LogP contribution in [0.25, 0.3) is 0 Å². The van der Waals surface area contributed by atoms with E-state index in [9.17, 15) is 22.4 Å². The molecule has 218 valence electrons. The molecule has 2 atom stereocenters. The number of nitrogens with zero attached hydrogens (tertiary/aromatic N) is 3. The van der Waals surface area contributed by atoms with Crippen molar-refractivity contribution in [1.29, 1.82) is 0 Å². The minimum atomic E-state index is -4.76. The number of amides is 1. The first-order chi connectivity index (χ1) is 19.5. The molecule has 3 aromatic carbocycles. The number of rotatable bonds is 6. The van der Waals surface area contributed by atoms with E-state index in [4.69, 9.17) is 27.9 Å². The van der Waals surface area contributed by atoms with Gasteiger partial charge >= 0.3 is 6.18 Å². The second-order valence-electron chi connectivity index (χ2n) is 10.4. The molecule has 5 rings (SSSR count). The van der Waals surface area contributed by atoms with Crippen molar-refractivity contribution in [2.75, 3.05) is 51.3 Å². The minimum absolute atomic E-state index is 0.125. The summed E-state index contributed by atoms with van der Waals surface area (Å²) in [4.78, 5) is 19.5. The summed E-state index contributed by atoms with van der Waals surface area (Å²) in [6.45, 7) is 3.88. The zero-order valence-electron chi connectivity index (χ0n) is 22.3. The van der Waals surface area contributed by atoms with Crippen molar-refractivity contribution in [2.24, 2.45) is 0 Å². The van der Waals surface area contributed by atoms with Crippen LogP contribution in [0.3, 0.4) is 0 Å². The largest absolute Gasteiger partial charge is 0.419 e. The van der Waals surface area contributed by atoms with Gasteiger partial charge in [-0.15, -0.1) is 0 Å². The van der Waals surface area contributed by atoms with E-state index in [1.54, 1.807) is 17.0 Å². The molecule has 2 heterocycles. The van der Waals surface area contributed by atoms with Crippen LogP contribution in [0.2, 0.25) is 10.0 Å². The van der Waals surface area contributed by atoms with Crippen molar-refractivity contribution in [3.05, 3.63) is 98.8 Å². The SMILES string of the molecule is CN(Cc1ccc(C(F)(F)F)c(F)c1)C1CN(C(=O)c2ccc(N3CCOCC3)cc2)CC1c1ccc(Cl)c(Cl)c1. The van der Waals surface area contributed by atoms with Gasteiger partial charge < -0.3 is 14.5 Å². The van der Waals surface area contributed by atoms with E-state index < -0.39 is 17.6 Å². The molecule has 2 saturated heterocycles. The van der Waals surface area contributed by atoms with Crippen molar-refractivity contribution >= 4 is 34.8 Å². The van der Waals surface area contributed by atoms with Crippen LogP contribution in [0.4, 0.5) is 23.2 Å². The van der Waals surface area contributed by atoms with Gasteiger partial charge in [-0.25, -0.2) is 4.39 Å². The molecule has 0 aromatic heterocycles. The molecule has 5 nitrogen and oxygen atoms in total. The first-order valence-corrected chi connectivity index (χ1v) is 14.0. The number of alkyl halides is 3. The van der Waals surface area contributed by atoms with E-state index in [1.807, 2.05) is 42.3 Å². The van der Waals surface area contributed by atoms with Crippen LogP contribution in [-0.4, -0.2) is 68.2 Å². The second-order valence-corrected chi connectivity index (χ2v) is 11.2. The van der Waals surface area contributed by atoms with Gasteiger partial charge in [-0.2, -0.15) is 13.2 Å². The van der Waals surface area contributed by atoms with Crippen LogP contribution in [-0.2, 0) is 17.5 Å². The van der Waals surface area contributed by atoms with Gasteiger partial charge in [0.05, 0.1) is 28.8 Å². The predicted molar refractivity (Wildman–Crippen MR) is 151 cm³/mol. The normalized spacial score (nSPS) is 19.7. The van der Waals surface area contributed by atoms with Crippen LogP contribution in [0, 0.1) is 5.82 Å². The Labute approximate surface area is 246 Å². The fourth-order valence-corrected chi connectivity index (χ4v) is 5.89. The zero-order valence-corrected chi connectivity index (χ0v) is 23.8. The number of morpholine rings is 1. The van der Waals surface area contributed by atoms with Crippen molar-refractivity contribution < 1.29 is 27.1 Å². The first kappa shape index (κ1) is 29.6. The van der Waals surface area contributed by atoms with E-state index in [2.05, 4.69) is 4.90 Å². The number of halogens is 6. The van der Waals surface area contributed by atoms with Gasteiger partial charge in [-0.3, -0.25) is 9.69 Å². The number of hydrogen-bond donors (Lipinski definition) is 0. The smallest absolute Gasteiger partial charge is 0.378 e. The molecule has 41 heavy (non-hydrogen) atoms. The summed E-state index contributed by atoms with van der Waals surface area (Å²) in [6.07, 6.45) is -4.76. The number of carbonyl (C=O) groups excluding carboxylic acids is 1. The van der Waals surface area contributed by atoms with Crippen LogP contribution in [0.1, 0.15) is 33.0 Å². The number of anilines is 1. The Balaban J connectivity index is 1.37. The maximum absolute atomic E-state index is 14.3. The number of likely N-dealkylation sites (N-methyl/N-ethyl adjacent to an activating group) is 1. The maximum atomic E-state index is 14.3. The van der Waals surface area contributed by atoms with Crippen molar-refractivity contribution in [2.45, 2.75) is 24.7 Å². The fraction of sp³-hybridized carbons (Fsp3) is 0.367. The molecule has 2 aliphatic rings. The Bertz CT molecular complexity index is 1400. The minimum Gasteiger partial charge on any atom is -0.378 e. The monoisotopic (exact) mass is 609 g/mol. The van der Waals surface area contributed by atoms with Gasteiger partial charge in [0.2, 0.25) is 0 Å². The molecule has 0 bridgehead atoms. The molecule has 3 aromatic rings. The highest BCUT2D eigenvalue weighted by Gasteiger charge is 2.39. The summed E-state index contributed by atoms with van der Waals surface area (Å²) in [5.41, 5.74) is 1.57. The molecule has 0 aliphatic carbocycles. The molecule has 0 radical (unpaired) electrons. The summed E-state index contributed by atoms with van der Waals surface area (Å²) in [5, 5.41) is 0.797.